The van der Waals surface area contributed by atoms with Crippen LogP contribution < -0.4 is 10.6 Å². The molecule has 0 atom stereocenters. The number of carbonyl (C=O) groups is 1. The molecule has 0 aliphatic heterocycles. The Morgan fingerprint density at radius 3 is 3.05 bits per heavy atom. The molecule has 2 rings (SSSR count). The molecule has 116 valence electrons. The van der Waals surface area contributed by atoms with E-state index in [0.717, 1.165) is 25.1 Å². The molecular formula is C15H22FN3O2. The predicted octanol–water partition coefficient (Wildman–Crippen LogP) is 2.20. The average Bonchev–Trinajstić information content (AvgIpc) is 3.28. The predicted molar refractivity (Wildman–Crippen MR) is 78.9 cm³/mol. The molecule has 6 heteroatoms. The van der Waals surface area contributed by atoms with Gasteiger partial charge in [-0.1, -0.05) is 0 Å². The second-order valence-corrected chi connectivity index (χ2v) is 5.21. The summed E-state index contributed by atoms with van der Waals surface area (Å²) in [5.74, 6) is 0.316. The van der Waals surface area contributed by atoms with Gasteiger partial charge in [0.25, 0.3) is 5.91 Å². The number of carbonyl (C=O) groups excluding carboxylic acids is 1. The molecule has 0 saturated heterocycles. The van der Waals surface area contributed by atoms with E-state index in [1.165, 1.54) is 18.9 Å². The third kappa shape index (κ3) is 5.30. The van der Waals surface area contributed by atoms with Crippen LogP contribution in [-0.4, -0.2) is 37.2 Å². The van der Waals surface area contributed by atoms with Crippen molar-refractivity contribution in [2.75, 3.05) is 31.6 Å². The van der Waals surface area contributed by atoms with Gasteiger partial charge in [-0.3, -0.25) is 4.79 Å². The molecule has 0 spiro atoms. The van der Waals surface area contributed by atoms with Crippen molar-refractivity contribution in [2.45, 2.75) is 26.2 Å². The topological polar surface area (TPSA) is 63.2 Å². The molecule has 1 heterocycles. The molecule has 0 aromatic carbocycles. The molecule has 2 N–H and O–H groups in total. The first-order valence-electron chi connectivity index (χ1n) is 7.46. The summed E-state index contributed by atoms with van der Waals surface area (Å²) in [5, 5.41) is 5.71. The van der Waals surface area contributed by atoms with Crippen LogP contribution in [0.15, 0.2) is 12.3 Å². The van der Waals surface area contributed by atoms with Crippen LogP contribution in [0.2, 0.25) is 0 Å². The largest absolute Gasteiger partial charge is 0.381 e. The lowest BCUT2D eigenvalue weighted by molar-refractivity contribution is 0.0937. The van der Waals surface area contributed by atoms with Gasteiger partial charge in [0.2, 0.25) is 0 Å². The number of pyridine rings is 1. The Morgan fingerprint density at radius 2 is 2.33 bits per heavy atom. The number of nitrogens with one attached hydrogen (secondary N) is 2. The van der Waals surface area contributed by atoms with Crippen molar-refractivity contribution >= 4 is 11.7 Å². The van der Waals surface area contributed by atoms with E-state index in [2.05, 4.69) is 15.6 Å². The number of amides is 1. The molecule has 1 aliphatic carbocycles. The minimum Gasteiger partial charge on any atom is -0.381 e. The van der Waals surface area contributed by atoms with Crippen LogP contribution in [-0.2, 0) is 4.74 Å². The highest BCUT2D eigenvalue weighted by Gasteiger charge is 2.20. The van der Waals surface area contributed by atoms with E-state index in [9.17, 15) is 9.18 Å². The molecule has 0 radical (unpaired) electrons. The summed E-state index contributed by atoms with van der Waals surface area (Å²) in [6.45, 7) is 4.48. The summed E-state index contributed by atoms with van der Waals surface area (Å²) >= 11 is 0. The maximum absolute atomic E-state index is 13.2. The highest BCUT2D eigenvalue weighted by Crippen LogP contribution is 2.28. The van der Waals surface area contributed by atoms with Gasteiger partial charge in [-0.2, -0.15) is 0 Å². The molecule has 5 nitrogen and oxygen atoms in total. The quantitative estimate of drug-likeness (QED) is 0.686. The normalized spacial score (nSPS) is 14.0. The van der Waals surface area contributed by atoms with Crippen LogP contribution in [0.5, 0.6) is 0 Å². The van der Waals surface area contributed by atoms with E-state index >= 15 is 0 Å². The number of hydrogen-bond donors (Lipinski definition) is 2. The van der Waals surface area contributed by atoms with Gasteiger partial charge in [0.15, 0.2) is 0 Å². The Labute approximate surface area is 124 Å². The van der Waals surface area contributed by atoms with Gasteiger partial charge < -0.3 is 15.4 Å². The molecular weight excluding hydrogens is 273 g/mol. The van der Waals surface area contributed by atoms with Crippen molar-refractivity contribution in [3.8, 4) is 0 Å². The van der Waals surface area contributed by atoms with Crippen LogP contribution in [0.1, 0.15) is 36.5 Å². The summed E-state index contributed by atoms with van der Waals surface area (Å²) in [7, 11) is 0. The second-order valence-electron chi connectivity index (χ2n) is 5.21. The number of anilines is 1. The van der Waals surface area contributed by atoms with Crippen LogP contribution >= 0.6 is 0 Å². The average molecular weight is 295 g/mol. The lowest BCUT2D eigenvalue weighted by Crippen LogP contribution is -2.26. The molecule has 21 heavy (non-hydrogen) atoms. The van der Waals surface area contributed by atoms with E-state index in [-0.39, 0.29) is 11.5 Å². The van der Waals surface area contributed by atoms with Gasteiger partial charge in [0, 0.05) is 26.3 Å². The van der Waals surface area contributed by atoms with E-state index in [4.69, 9.17) is 4.74 Å². The van der Waals surface area contributed by atoms with E-state index in [0.29, 0.717) is 25.5 Å². The molecule has 1 aromatic heterocycles. The lowest BCUT2D eigenvalue weighted by atomic mass is 10.2. The first-order chi connectivity index (χ1) is 10.2. The van der Waals surface area contributed by atoms with Crippen molar-refractivity contribution in [1.29, 1.82) is 0 Å². The highest BCUT2D eigenvalue weighted by atomic mass is 19.1. The number of nitrogens with zero attached hydrogens (tertiary/aromatic N) is 1. The zero-order valence-electron chi connectivity index (χ0n) is 12.3. The fraction of sp³-hybridized carbons (Fsp3) is 0.600. The number of hydrogen-bond acceptors (Lipinski definition) is 4. The van der Waals surface area contributed by atoms with Gasteiger partial charge >= 0.3 is 0 Å². The second kappa shape index (κ2) is 7.93. The molecule has 0 bridgehead atoms. The molecule has 1 amide bonds. The first-order valence-corrected chi connectivity index (χ1v) is 7.46. The van der Waals surface area contributed by atoms with Gasteiger partial charge in [-0.15, -0.1) is 0 Å². The summed E-state index contributed by atoms with van der Waals surface area (Å²) < 4.78 is 18.7. The highest BCUT2D eigenvalue weighted by molar-refractivity contribution is 5.98. The zero-order valence-corrected chi connectivity index (χ0v) is 12.3. The van der Waals surface area contributed by atoms with E-state index in [1.807, 2.05) is 6.92 Å². The number of halogens is 1. The Bertz CT molecular complexity index is 478. The number of ether oxygens (including phenoxy) is 1. The van der Waals surface area contributed by atoms with Gasteiger partial charge in [-0.25, -0.2) is 9.37 Å². The summed E-state index contributed by atoms with van der Waals surface area (Å²) in [4.78, 5) is 15.9. The van der Waals surface area contributed by atoms with Crippen molar-refractivity contribution in [2.24, 2.45) is 5.92 Å². The molecule has 1 aromatic rings. The zero-order chi connectivity index (χ0) is 15.1. The van der Waals surface area contributed by atoms with Crippen LogP contribution in [0.25, 0.3) is 0 Å². The van der Waals surface area contributed by atoms with Gasteiger partial charge in [0.1, 0.15) is 11.6 Å². The molecule has 1 aliphatic rings. The van der Waals surface area contributed by atoms with Crippen molar-refractivity contribution in [3.05, 3.63) is 23.6 Å². The Hall–Kier alpha value is -1.69. The smallest absolute Gasteiger partial charge is 0.255 e. The van der Waals surface area contributed by atoms with E-state index < -0.39 is 5.82 Å². The fourth-order valence-corrected chi connectivity index (χ4v) is 1.93. The molecule has 1 saturated carbocycles. The first kappa shape index (κ1) is 15.7. The maximum Gasteiger partial charge on any atom is 0.255 e. The number of aromatic nitrogens is 1. The van der Waals surface area contributed by atoms with Crippen LogP contribution in [0.3, 0.4) is 0 Å². The standard InChI is InChI=1S/C15H22FN3O2/c1-2-17-14-13(8-12(16)9-19-14)15(20)18-6-3-7-21-10-11-4-5-11/h8-9,11H,2-7,10H2,1H3,(H,17,19)(H,18,20). The van der Waals surface area contributed by atoms with Crippen LogP contribution in [0, 0.1) is 11.7 Å². The third-order valence-corrected chi connectivity index (χ3v) is 3.24. The summed E-state index contributed by atoms with van der Waals surface area (Å²) in [6.07, 6.45) is 4.39. The van der Waals surface area contributed by atoms with Crippen LogP contribution in [0.4, 0.5) is 10.2 Å². The SMILES string of the molecule is CCNc1ncc(F)cc1C(=O)NCCCOCC1CC1. The number of rotatable bonds is 9. The van der Waals surface area contributed by atoms with E-state index in [1.54, 1.807) is 0 Å². The Morgan fingerprint density at radius 1 is 1.52 bits per heavy atom. The fourth-order valence-electron chi connectivity index (χ4n) is 1.93. The van der Waals surface area contributed by atoms with Gasteiger partial charge in [-0.05, 0) is 38.2 Å². The minimum absolute atomic E-state index is 0.232. The molecule has 1 fully saturated rings. The van der Waals surface area contributed by atoms with Crippen molar-refractivity contribution in [3.63, 3.8) is 0 Å². The minimum atomic E-state index is -0.519. The summed E-state index contributed by atoms with van der Waals surface area (Å²) in [5.41, 5.74) is 0.232. The lowest BCUT2D eigenvalue weighted by Gasteiger charge is -2.10. The summed E-state index contributed by atoms with van der Waals surface area (Å²) in [6, 6.07) is 1.20. The van der Waals surface area contributed by atoms with Crippen molar-refractivity contribution in [1.82, 2.24) is 10.3 Å². The third-order valence-electron chi connectivity index (χ3n) is 3.24. The van der Waals surface area contributed by atoms with Gasteiger partial charge in [0.05, 0.1) is 11.8 Å². The maximum atomic E-state index is 13.2. The Kier molecular flexibility index (Phi) is 5.92. The molecule has 0 unspecified atom stereocenters. The Balaban J connectivity index is 1.74. The monoisotopic (exact) mass is 295 g/mol. The van der Waals surface area contributed by atoms with Crippen molar-refractivity contribution < 1.29 is 13.9 Å².